The molecular formula is C18H29FO2. The van der Waals surface area contributed by atoms with Gasteiger partial charge in [0, 0.05) is 6.61 Å². The van der Waals surface area contributed by atoms with Crippen molar-refractivity contribution in [2.24, 2.45) is 5.41 Å². The lowest BCUT2D eigenvalue weighted by atomic mass is 9.76. The van der Waals surface area contributed by atoms with Crippen LogP contribution >= 0.6 is 0 Å². The zero-order chi connectivity index (χ0) is 15.9. The SMILES string of the molecule is CCCC(O)(CCCc1ccc(F)cc1)CC(C)(C)CO. The molecule has 0 fully saturated rings. The fourth-order valence-corrected chi connectivity index (χ4v) is 2.99. The van der Waals surface area contributed by atoms with Crippen LogP contribution in [0.1, 0.15) is 58.4 Å². The number of rotatable bonds is 9. The van der Waals surface area contributed by atoms with E-state index in [1.165, 1.54) is 12.1 Å². The van der Waals surface area contributed by atoms with E-state index in [-0.39, 0.29) is 17.8 Å². The fraction of sp³-hybridized carbons (Fsp3) is 0.667. The number of halogens is 1. The van der Waals surface area contributed by atoms with Gasteiger partial charge in [0.25, 0.3) is 0 Å². The number of benzene rings is 1. The molecule has 1 aromatic carbocycles. The number of hydrogen-bond acceptors (Lipinski definition) is 2. The van der Waals surface area contributed by atoms with E-state index >= 15 is 0 Å². The van der Waals surface area contributed by atoms with Crippen LogP contribution < -0.4 is 0 Å². The van der Waals surface area contributed by atoms with Crippen LogP contribution in [0.4, 0.5) is 4.39 Å². The van der Waals surface area contributed by atoms with Crippen LogP contribution in [0.15, 0.2) is 24.3 Å². The first-order valence-corrected chi connectivity index (χ1v) is 7.88. The van der Waals surface area contributed by atoms with Crippen molar-refractivity contribution >= 4 is 0 Å². The van der Waals surface area contributed by atoms with Gasteiger partial charge in [-0.3, -0.25) is 0 Å². The van der Waals surface area contributed by atoms with E-state index in [2.05, 4.69) is 6.92 Å². The first-order chi connectivity index (χ1) is 9.80. The summed E-state index contributed by atoms with van der Waals surface area (Å²) in [6, 6.07) is 6.54. The molecule has 0 radical (unpaired) electrons. The Labute approximate surface area is 128 Å². The summed E-state index contributed by atoms with van der Waals surface area (Å²) in [5, 5.41) is 20.2. The van der Waals surface area contributed by atoms with Crippen molar-refractivity contribution in [1.29, 1.82) is 0 Å². The standard InChI is InChI=1S/C18H29FO2/c1-4-11-18(21,13-17(2,3)14-20)12-5-6-15-7-9-16(19)10-8-15/h7-10,20-21H,4-6,11-14H2,1-3H3. The first kappa shape index (κ1) is 18.1. The largest absolute Gasteiger partial charge is 0.396 e. The highest BCUT2D eigenvalue weighted by Crippen LogP contribution is 2.34. The molecule has 0 bridgehead atoms. The Morgan fingerprint density at radius 2 is 1.71 bits per heavy atom. The van der Waals surface area contributed by atoms with Gasteiger partial charge in [-0.15, -0.1) is 0 Å². The molecule has 0 aromatic heterocycles. The van der Waals surface area contributed by atoms with Crippen molar-refractivity contribution in [2.75, 3.05) is 6.61 Å². The van der Waals surface area contributed by atoms with Crippen molar-refractivity contribution < 1.29 is 14.6 Å². The maximum atomic E-state index is 12.9. The van der Waals surface area contributed by atoms with Gasteiger partial charge in [-0.2, -0.15) is 0 Å². The van der Waals surface area contributed by atoms with E-state index in [1.807, 2.05) is 13.8 Å². The minimum Gasteiger partial charge on any atom is -0.396 e. The third-order valence-electron chi connectivity index (χ3n) is 3.97. The lowest BCUT2D eigenvalue weighted by molar-refractivity contribution is -0.0319. The third kappa shape index (κ3) is 6.58. The molecule has 120 valence electrons. The van der Waals surface area contributed by atoms with E-state index in [9.17, 15) is 14.6 Å². The molecule has 0 saturated heterocycles. The van der Waals surface area contributed by atoms with Gasteiger partial charge in [0.05, 0.1) is 5.60 Å². The van der Waals surface area contributed by atoms with Crippen molar-refractivity contribution in [3.05, 3.63) is 35.6 Å². The third-order valence-corrected chi connectivity index (χ3v) is 3.97. The summed E-state index contributed by atoms with van der Waals surface area (Å²) in [4.78, 5) is 0. The molecule has 21 heavy (non-hydrogen) atoms. The summed E-state index contributed by atoms with van der Waals surface area (Å²) < 4.78 is 12.9. The Balaban J connectivity index is 2.55. The average molecular weight is 296 g/mol. The highest BCUT2D eigenvalue weighted by molar-refractivity contribution is 5.16. The summed E-state index contributed by atoms with van der Waals surface area (Å²) in [6.07, 6.45) is 4.69. The van der Waals surface area contributed by atoms with Crippen molar-refractivity contribution in [3.63, 3.8) is 0 Å². The normalized spacial score (nSPS) is 15.0. The summed E-state index contributed by atoms with van der Waals surface area (Å²) in [5.41, 5.74) is 0.109. The molecule has 0 aliphatic carbocycles. The molecule has 1 rings (SSSR count). The lowest BCUT2D eigenvalue weighted by Gasteiger charge is -2.35. The summed E-state index contributed by atoms with van der Waals surface area (Å²) in [7, 11) is 0. The van der Waals surface area contributed by atoms with Gasteiger partial charge in [0.2, 0.25) is 0 Å². The molecule has 2 N–H and O–H groups in total. The average Bonchev–Trinajstić information content (AvgIpc) is 2.40. The van der Waals surface area contributed by atoms with E-state index in [0.29, 0.717) is 12.8 Å². The molecule has 1 atom stereocenters. The topological polar surface area (TPSA) is 40.5 Å². The van der Waals surface area contributed by atoms with E-state index in [1.54, 1.807) is 12.1 Å². The van der Waals surface area contributed by atoms with Crippen LogP contribution in [0.5, 0.6) is 0 Å². The Morgan fingerprint density at radius 3 is 2.24 bits per heavy atom. The number of hydrogen-bond donors (Lipinski definition) is 2. The van der Waals surface area contributed by atoms with Gasteiger partial charge in [0.1, 0.15) is 5.82 Å². The quantitative estimate of drug-likeness (QED) is 0.720. The Bertz CT molecular complexity index is 414. The van der Waals surface area contributed by atoms with Gasteiger partial charge in [-0.1, -0.05) is 39.3 Å². The fourth-order valence-electron chi connectivity index (χ4n) is 2.99. The maximum absolute atomic E-state index is 12.9. The Morgan fingerprint density at radius 1 is 1.10 bits per heavy atom. The zero-order valence-corrected chi connectivity index (χ0v) is 13.5. The molecule has 0 saturated carbocycles. The van der Waals surface area contributed by atoms with Crippen LogP contribution in [0.3, 0.4) is 0 Å². The number of aliphatic hydroxyl groups excluding tert-OH is 1. The zero-order valence-electron chi connectivity index (χ0n) is 13.5. The molecule has 0 amide bonds. The second kappa shape index (κ2) is 7.90. The smallest absolute Gasteiger partial charge is 0.123 e. The second-order valence-electron chi connectivity index (χ2n) is 6.95. The minimum atomic E-state index is -0.721. The van der Waals surface area contributed by atoms with Gasteiger partial charge in [0.15, 0.2) is 0 Å². The maximum Gasteiger partial charge on any atom is 0.123 e. The molecule has 0 heterocycles. The second-order valence-corrected chi connectivity index (χ2v) is 6.95. The molecule has 2 nitrogen and oxygen atoms in total. The van der Waals surface area contributed by atoms with Crippen LogP contribution in [0, 0.1) is 11.2 Å². The Hall–Kier alpha value is -0.930. The highest BCUT2D eigenvalue weighted by atomic mass is 19.1. The molecule has 0 spiro atoms. The van der Waals surface area contributed by atoms with Crippen molar-refractivity contribution in [1.82, 2.24) is 0 Å². The number of aryl methyl sites for hydroxylation is 1. The van der Waals surface area contributed by atoms with E-state index < -0.39 is 5.60 Å². The van der Waals surface area contributed by atoms with Crippen LogP contribution in [-0.4, -0.2) is 22.4 Å². The predicted molar refractivity (Wildman–Crippen MR) is 84.7 cm³/mol. The Kier molecular flexibility index (Phi) is 6.82. The molecule has 3 heteroatoms. The summed E-state index contributed by atoms with van der Waals surface area (Å²) in [5.74, 6) is -0.217. The lowest BCUT2D eigenvalue weighted by Crippen LogP contribution is -2.36. The minimum absolute atomic E-state index is 0.0803. The van der Waals surface area contributed by atoms with Crippen LogP contribution in [0.25, 0.3) is 0 Å². The number of aliphatic hydroxyl groups is 2. The van der Waals surface area contributed by atoms with Crippen molar-refractivity contribution in [3.8, 4) is 0 Å². The van der Waals surface area contributed by atoms with Gasteiger partial charge in [-0.25, -0.2) is 4.39 Å². The van der Waals surface area contributed by atoms with E-state index in [4.69, 9.17) is 0 Å². The summed E-state index contributed by atoms with van der Waals surface area (Å²) in [6.45, 7) is 6.11. The van der Waals surface area contributed by atoms with E-state index in [0.717, 1.165) is 31.2 Å². The highest BCUT2D eigenvalue weighted by Gasteiger charge is 2.33. The van der Waals surface area contributed by atoms with Crippen LogP contribution in [-0.2, 0) is 6.42 Å². The monoisotopic (exact) mass is 296 g/mol. The summed E-state index contributed by atoms with van der Waals surface area (Å²) >= 11 is 0. The first-order valence-electron chi connectivity index (χ1n) is 7.88. The van der Waals surface area contributed by atoms with Gasteiger partial charge < -0.3 is 10.2 Å². The predicted octanol–water partition coefficient (Wildman–Crippen LogP) is 4.09. The van der Waals surface area contributed by atoms with Crippen molar-refractivity contribution in [2.45, 2.75) is 64.9 Å². The molecule has 1 aromatic rings. The molecule has 1 unspecified atom stereocenters. The van der Waals surface area contributed by atoms with Gasteiger partial charge >= 0.3 is 0 Å². The van der Waals surface area contributed by atoms with Gasteiger partial charge in [-0.05, 0) is 55.2 Å². The molecular weight excluding hydrogens is 267 g/mol. The molecule has 0 aliphatic heterocycles. The molecule has 0 aliphatic rings. The van der Waals surface area contributed by atoms with Crippen LogP contribution in [0.2, 0.25) is 0 Å².